The molecule has 0 spiro atoms. The van der Waals surface area contributed by atoms with Crippen molar-refractivity contribution in [2.24, 2.45) is 0 Å². The van der Waals surface area contributed by atoms with Crippen LogP contribution in [0, 0.1) is 0 Å². The maximum Gasteiger partial charge on any atom is 0.335 e. The first-order valence-corrected chi connectivity index (χ1v) is 5.63. The Bertz CT molecular complexity index is 207. The third-order valence-corrected chi connectivity index (χ3v) is 2.11. The second-order valence-corrected chi connectivity index (χ2v) is 3.74. The van der Waals surface area contributed by atoms with Crippen LogP contribution in [0.1, 0.15) is 52.9 Å². The lowest BCUT2D eigenvalue weighted by Gasteiger charge is -2.06. The van der Waals surface area contributed by atoms with E-state index in [1.807, 2.05) is 6.08 Å². The smallest absolute Gasteiger partial charge is 0.335 e. The lowest BCUT2D eigenvalue weighted by atomic mass is 10.1. The van der Waals surface area contributed by atoms with Crippen molar-refractivity contribution in [1.82, 2.24) is 0 Å². The van der Waals surface area contributed by atoms with Gasteiger partial charge in [-0.05, 0) is 26.7 Å². The highest BCUT2D eigenvalue weighted by Crippen LogP contribution is 2.06. The molecule has 1 atom stereocenters. The maximum absolute atomic E-state index is 11.2. The van der Waals surface area contributed by atoms with E-state index in [-0.39, 0.29) is 0 Å². The number of hydrogen-bond donors (Lipinski definition) is 1. The van der Waals surface area contributed by atoms with Gasteiger partial charge in [0.15, 0.2) is 6.29 Å². The van der Waals surface area contributed by atoms with E-state index >= 15 is 0 Å². The van der Waals surface area contributed by atoms with E-state index in [0.717, 1.165) is 12.8 Å². The highest BCUT2D eigenvalue weighted by atomic mass is 16.6. The molecule has 0 fully saturated rings. The van der Waals surface area contributed by atoms with Crippen LogP contribution in [0.3, 0.4) is 0 Å². The normalized spacial score (nSPS) is 13.7. The van der Waals surface area contributed by atoms with Gasteiger partial charge in [0.05, 0.1) is 0 Å². The molecular formula is C12H22O3. The molecule has 15 heavy (non-hydrogen) atoms. The summed E-state index contributed by atoms with van der Waals surface area (Å²) in [5, 5.41) is 8.84. The highest BCUT2D eigenvalue weighted by molar-refractivity contribution is 5.87. The Kier molecular flexibility index (Phi) is 8.01. The van der Waals surface area contributed by atoms with Crippen LogP contribution >= 0.6 is 0 Å². The van der Waals surface area contributed by atoms with Crippen LogP contribution in [0.5, 0.6) is 0 Å². The van der Waals surface area contributed by atoms with E-state index in [4.69, 9.17) is 5.11 Å². The third-order valence-electron chi connectivity index (χ3n) is 2.11. The molecule has 3 nitrogen and oxygen atoms in total. The van der Waals surface area contributed by atoms with E-state index in [9.17, 15) is 4.79 Å². The van der Waals surface area contributed by atoms with Crippen LogP contribution < -0.4 is 0 Å². The Morgan fingerprint density at radius 3 is 2.60 bits per heavy atom. The van der Waals surface area contributed by atoms with Gasteiger partial charge in [-0.15, -0.1) is 0 Å². The molecule has 0 aliphatic rings. The van der Waals surface area contributed by atoms with Crippen molar-refractivity contribution in [3.63, 3.8) is 0 Å². The van der Waals surface area contributed by atoms with Crippen molar-refractivity contribution >= 4 is 5.97 Å². The molecule has 0 aliphatic heterocycles. The quantitative estimate of drug-likeness (QED) is 0.307. The predicted molar refractivity (Wildman–Crippen MR) is 60.3 cm³/mol. The Morgan fingerprint density at radius 2 is 2.07 bits per heavy atom. The summed E-state index contributed by atoms with van der Waals surface area (Å²) < 4.78 is 4.64. The molecule has 0 aromatic heterocycles. The minimum Gasteiger partial charge on any atom is -0.433 e. The first-order chi connectivity index (χ1) is 7.07. The van der Waals surface area contributed by atoms with Crippen LogP contribution in [0.25, 0.3) is 0 Å². The standard InChI is InChI=1S/C12H22O3/c1-4-5-6-7-8-9-10(2)12(14)15-11(3)13/h9,11,13H,4-8H2,1-3H3. The summed E-state index contributed by atoms with van der Waals surface area (Å²) in [5.41, 5.74) is 0.576. The van der Waals surface area contributed by atoms with Gasteiger partial charge in [-0.25, -0.2) is 4.79 Å². The highest BCUT2D eigenvalue weighted by Gasteiger charge is 2.07. The monoisotopic (exact) mass is 214 g/mol. The van der Waals surface area contributed by atoms with Gasteiger partial charge >= 0.3 is 5.97 Å². The van der Waals surface area contributed by atoms with Crippen molar-refractivity contribution < 1.29 is 14.6 Å². The zero-order chi connectivity index (χ0) is 11.7. The second kappa shape index (κ2) is 8.48. The topological polar surface area (TPSA) is 46.5 Å². The van der Waals surface area contributed by atoms with Crippen LogP contribution in [0.15, 0.2) is 11.6 Å². The minimum atomic E-state index is -1.03. The van der Waals surface area contributed by atoms with Crippen molar-refractivity contribution in [2.45, 2.75) is 59.2 Å². The number of aliphatic hydroxyl groups is 1. The summed E-state index contributed by atoms with van der Waals surface area (Å²) in [7, 11) is 0. The molecule has 0 aromatic rings. The van der Waals surface area contributed by atoms with Gasteiger partial charge in [0.2, 0.25) is 0 Å². The summed E-state index contributed by atoms with van der Waals surface area (Å²) >= 11 is 0. The number of rotatable bonds is 7. The van der Waals surface area contributed by atoms with E-state index in [1.54, 1.807) is 6.92 Å². The number of esters is 1. The summed E-state index contributed by atoms with van der Waals surface area (Å²) in [6.07, 6.45) is 6.51. The number of ether oxygens (including phenoxy) is 1. The van der Waals surface area contributed by atoms with Gasteiger partial charge in [0.25, 0.3) is 0 Å². The molecule has 0 aliphatic carbocycles. The molecule has 0 bridgehead atoms. The first kappa shape index (κ1) is 14.2. The van der Waals surface area contributed by atoms with Gasteiger partial charge in [-0.2, -0.15) is 0 Å². The molecule has 3 heteroatoms. The van der Waals surface area contributed by atoms with Crippen molar-refractivity contribution in [2.75, 3.05) is 0 Å². The van der Waals surface area contributed by atoms with E-state index in [1.165, 1.54) is 26.2 Å². The number of unbranched alkanes of at least 4 members (excludes halogenated alkanes) is 4. The van der Waals surface area contributed by atoms with Crippen LogP contribution in [-0.4, -0.2) is 17.4 Å². The van der Waals surface area contributed by atoms with Gasteiger partial charge in [-0.3, -0.25) is 0 Å². The number of allylic oxidation sites excluding steroid dienone is 1. The van der Waals surface area contributed by atoms with E-state index in [0.29, 0.717) is 5.57 Å². The van der Waals surface area contributed by atoms with Crippen LogP contribution in [0.4, 0.5) is 0 Å². The van der Waals surface area contributed by atoms with Crippen LogP contribution in [-0.2, 0) is 9.53 Å². The molecule has 0 radical (unpaired) electrons. The molecule has 0 heterocycles. The lowest BCUT2D eigenvalue weighted by Crippen LogP contribution is -2.14. The van der Waals surface area contributed by atoms with Crippen molar-refractivity contribution in [3.8, 4) is 0 Å². The largest absolute Gasteiger partial charge is 0.433 e. The molecule has 1 unspecified atom stereocenters. The summed E-state index contributed by atoms with van der Waals surface area (Å²) in [6, 6.07) is 0. The molecule has 0 rings (SSSR count). The van der Waals surface area contributed by atoms with Gasteiger partial charge in [0.1, 0.15) is 0 Å². The molecular weight excluding hydrogens is 192 g/mol. The number of hydrogen-bond acceptors (Lipinski definition) is 3. The Hall–Kier alpha value is -0.830. The first-order valence-electron chi connectivity index (χ1n) is 5.63. The Balaban J connectivity index is 3.72. The van der Waals surface area contributed by atoms with Gasteiger partial charge in [-0.1, -0.05) is 32.3 Å². The molecule has 88 valence electrons. The van der Waals surface area contributed by atoms with Crippen molar-refractivity contribution in [3.05, 3.63) is 11.6 Å². The van der Waals surface area contributed by atoms with Gasteiger partial charge in [0, 0.05) is 5.57 Å². The fourth-order valence-electron chi connectivity index (χ4n) is 1.22. The molecule has 0 amide bonds. The Labute approximate surface area is 92.1 Å². The SMILES string of the molecule is CCCCCCC=C(C)C(=O)OC(C)O. The predicted octanol–water partition coefficient (Wildman–Crippen LogP) is 2.78. The summed E-state index contributed by atoms with van der Waals surface area (Å²) in [4.78, 5) is 11.2. The average Bonchev–Trinajstić information content (AvgIpc) is 2.16. The number of aliphatic hydroxyl groups excluding tert-OH is 1. The zero-order valence-corrected chi connectivity index (χ0v) is 9.95. The van der Waals surface area contributed by atoms with Crippen molar-refractivity contribution in [1.29, 1.82) is 0 Å². The van der Waals surface area contributed by atoms with Crippen LogP contribution in [0.2, 0.25) is 0 Å². The summed E-state index contributed by atoms with van der Waals surface area (Å²) in [6.45, 7) is 5.30. The van der Waals surface area contributed by atoms with Gasteiger partial charge < -0.3 is 9.84 Å². The maximum atomic E-state index is 11.2. The van der Waals surface area contributed by atoms with E-state index in [2.05, 4.69) is 11.7 Å². The van der Waals surface area contributed by atoms with E-state index < -0.39 is 12.3 Å². The molecule has 1 N–H and O–H groups in total. The second-order valence-electron chi connectivity index (χ2n) is 3.74. The number of carbonyl (C=O) groups excluding carboxylic acids is 1. The average molecular weight is 214 g/mol. The Morgan fingerprint density at radius 1 is 1.40 bits per heavy atom. The third kappa shape index (κ3) is 8.18. The fraction of sp³-hybridized carbons (Fsp3) is 0.750. The zero-order valence-electron chi connectivity index (χ0n) is 9.95. The molecule has 0 saturated carbocycles. The summed E-state index contributed by atoms with van der Waals surface area (Å²) in [5.74, 6) is -0.430. The lowest BCUT2D eigenvalue weighted by molar-refractivity contribution is -0.159. The molecule has 0 aromatic carbocycles. The minimum absolute atomic E-state index is 0.430. The number of carbonyl (C=O) groups is 1. The fourth-order valence-corrected chi connectivity index (χ4v) is 1.22. The molecule has 0 saturated heterocycles.